The third kappa shape index (κ3) is 3.29. The first-order valence-electron chi connectivity index (χ1n) is 9.54. The summed E-state index contributed by atoms with van der Waals surface area (Å²) in [7, 11) is 1.68. The van der Waals surface area contributed by atoms with Crippen LogP contribution in [0, 0.1) is 13.8 Å². The first-order valence-corrected chi connectivity index (χ1v) is 9.54. The Balaban J connectivity index is 1.83. The predicted molar refractivity (Wildman–Crippen MR) is 111 cm³/mol. The number of aromatic amines is 2. The lowest BCUT2D eigenvalue weighted by Crippen LogP contribution is -2.19. The molecular formula is C23H25N3O2. The van der Waals surface area contributed by atoms with E-state index >= 15 is 0 Å². The van der Waals surface area contributed by atoms with Crippen LogP contribution in [-0.4, -0.2) is 28.8 Å². The number of fused-ring (bicyclic) bond motifs is 1. The van der Waals surface area contributed by atoms with Crippen molar-refractivity contribution in [1.29, 1.82) is 0 Å². The van der Waals surface area contributed by atoms with Gasteiger partial charge in [-0.15, -0.1) is 0 Å². The molecule has 5 heteroatoms. The van der Waals surface area contributed by atoms with Crippen LogP contribution in [0.1, 0.15) is 28.9 Å². The summed E-state index contributed by atoms with van der Waals surface area (Å²) in [6, 6.07) is 10.1. The molecule has 2 aromatic heterocycles. The van der Waals surface area contributed by atoms with Gasteiger partial charge in [-0.25, -0.2) is 4.99 Å². The SMILES string of the molecule is COc1cc(=C2C=c3ccccc3=N2)[nH]/c1=C/c1[nH]c(C)c(CCCO)c1C. The Labute approximate surface area is 163 Å². The van der Waals surface area contributed by atoms with E-state index in [0.29, 0.717) is 0 Å². The second-order valence-corrected chi connectivity index (χ2v) is 7.10. The number of methoxy groups -OCH3 is 1. The molecule has 3 N–H and O–H groups in total. The third-order valence-corrected chi connectivity index (χ3v) is 5.28. The Bertz CT molecular complexity index is 1230. The fraction of sp³-hybridized carbons (Fsp3) is 0.261. The van der Waals surface area contributed by atoms with Crippen LogP contribution >= 0.6 is 0 Å². The Morgan fingerprint density at radius 2 is 2.00 bits per heavy atom. The molecule has 0 amide bonds. The molecule has 5 nitrogen and oxygen atoms in total. The van der Waals surface area contributed by atoms with Gasteiger partial charge in [0.25, 0.3) is 0 Å². The summed E-state index contributed by atoms with van der Waals surface area (Å²) in [4.78, 5) is 11.6. The van der Waals surface area contributed by atoms with Gasteiger partial charge in [-0.1, -0.05) is 18.2 Å². The lowest BCUT2D eigenvalue weighted by atomic mass is 10.1. The van der Waals surface area contributed by atoms with Crippen molar-refractivity contribution < 1.29 is 9.84 Å². The normalized spacial score (nSPS) is 15.4. The van der Waals surface area contributed by atoms with Crippen LogP contribution in [0.25, 0.3) is 17.8 Å². The summed E-state index contributed by atoms with van der Waals surface area (Å²) in [5.74, 6) is 0.783. The second-order valence-electron chi connectivity index (χ2n) is 7.10. The topological polar surface area (TPSA) is 73.4 Å². The van der Waals surface area contributed by atoms with Gasteiger partial charge < -0.3 is 19.8 Å². The van der Waals surface area contributed by atoms with Gasteiger partial charge in [0.15, 0.2) is 0 Å². The van der Waals surface area contributed by atoms with E-state index < -0.39 is 0 Å². The number of aryl methyl sites for hydroxylation is 1. The van der Waals surface area contributed by atoms with Gasteiger partial charge in [-0.05, 0) is 56.0 Å². The molecule has 0 saturated carbocycles. The number of nitrogens with zero attached hydrogens (tertiary/aromatic N) is 1. The third-order valence-electron chi connectivity index (χ3n) is 5.28. The average Bonchev–Trinajstić information content (AvgIpc) is 3.37. The number of rotatable bonds is 5. The van der Waals surface area contributed by atoms with Crippen molar-refractivity contribution in [1.82, 2.24) is 9.97 Å². The number of para-hydroxylation sites is 1. The molecule has 0 fully saturated rings. The average molecular weight is 375 g/mol. The van der Waals surface area contributed by atoms with Gasteiger partial charge >= 0.3 is 0 Å². The van der Waals surface area contributed by atoms with E-state index in [4.69, 9.17) is 14.8 Å². The van der Waals surface area contributed by atoms with Crippen LogP contribution in [0.5, 0.6) is 5.75 Å². The summed E-state index contributed by atoms with van der Waals surface area (Å²) in [6.07, 6.45) is 5.80. The first-order chi connectivity index (χ1) is 13.6. The number of ether oxygens (including phenoxy) is 1. The number of nitrogens with one attached hydrogen (secondary N) is 2. The van der Waals surface area contributed by atoms with Gasteiger partial charge in [0.2, 0.25) is 0 Å². The monoisotopic (exact) mass is 375 g/mol. The standard InChI is InChI=1S/C23H25N3O2/c1-14-17(8-6-10-27)15(2)24-19(14)12-22-23(28-3)13-21(26-22)20-11-16-7-4-5-9-18(16)25-20/h4-5,7,9,11-13,24,26-27H,6,8,10H2,1-3H3/b21-20?,22-12+. The highest BCUT2D eigenvalue weighted by Gasteiger charge is 2.11. The van der Waals surface area contributed by atoms with Gasteiger partial charge in [0.05, 0.1) is 28.9 Å². The maximum Gasteiger partial charge on any atom is 0.144 e. The number of aromatic nitrogens is 2. The summed E-state index contributed by atoms with van der Waals surface area (Å²) in [6.45, 7) is 4.40. The van der Waals surface area contributed by atoms with Crippen molar-refractivity contribution >= 4 is 17.8 Å². The lowest BCUT2D eigenvalue weighted by molar-refractivity contribution is 0.288. The fourth-order valence-electron chi connectivity index (χ4n) is 3.76. The number of aliphatic hydroxyl groups is 1. The summed E-state index contributed by atoms with van der Waals surface area (Å²) >= 11 is 0. The van der Waals surface area contributed by atoms with E-state index in [1.807, 2.05) is 24.3 Å². The number of hydrogen-bond donors (Lipinski definition) is 3. The van der Waals surface area contributed by atoms with E-state index in [0.717, 1.165) is 57.0 Å². The molecular weight excluding hydrogens is 350 g/mol. The molecule has 28 heavy (non-hydrogen) atoms. The largest absolute Gasteiger partial charge is 0.494 e. The number of H-pyrrole nitrogens is 2. The highest BCUT2D eigenvalue weighted by molar-refractivity contribution is 5.76. The molecule has 0 aliphatic carbocycles. The molecule has 1 aliphatic heterocycles. The van der Waals surface area contributed by atoms with Crippen LogP contribution < -0.4 is 26.0 Å². The predicted octanol–water partition coefficient (Wildman–Crippen LogP) is 0.944. The molecule has 3 heterocycles. The second kappa shape index (κ2) is 7.52. The van der Waals surface area contributed by atoms with E-state index in [1.54, 1.807) is 7.11 Å². The summed E-state index contributed by atoms with van der Waals surface area (Å²) in [5, 5.41) is 13.1. The Morgan fingerprint density at radius 3 is 2.75 bits per heavy atom. The van der Waals surface area contributed by atoms with E-state index in [2.05, 4.69) is 42.0 Å². The van der Waals surface area contributed by atoms with Crippen LogP contribution in [-0.2, 0) is 6.42 Å². The number of aliphatic hydroxyl groups excluding tert-OH is 1. The molecule has 0 saturated heterocycles. The van der Waals surface area contributed by atoms with Crippen molar-refractivity contribution in [3.05, 3.63) is 74.1 Å². The molecule has 0 atom stereocenters. The molecule has 3 aromatic rings. The Morgan fingerprint density at radius 1 is 1.18 bits per heavy atom. The molecule has 1 aromatic carbocycles. The van der Waals surface area contributed by atoms with Crippen molar-refractivity contribution in [3.63, 3.8) is 0 Å². The zero-order valence-corrected chi connectivity index (χ0v) is 16.5. The molecule has 0 bridgehead atoms. The van der Waals surface area contributed by atoms with Crippen molar-refractivity contribution in [2.45, 2.75) is 26.7 Å². The zero-order chi connectivity index (χ0) is 19.7. The molecule has 0 spiro atoms. The molecule has 0 unspecified atom stereocenters. The zero-order valence-electron chi connectivity index (χ0n) is 16.5. The van der Waals surface area contributed by atoms with Crippen LogP contribution in [0.15, 0.2) is 35.3 Å². The molecule has 4 rings (SSSR count). The lowest BCUT2D eigenvalue weighted by Gasteiger charge is -2.00. The van der Waals surface area contributed by atoms with Crippen LogP contribution in [0.3, 0.4) is 0 Å². The first kappa shape index (κ1) is 18.3. The molecule has 144 valence electrons. The van der Waals surface area contributed by atoms with Gasteiger partial charge in [-0.3, -0.25) is 0 Å². The quantitative estimate of drug-likeness (QED) is 0.621. The minimum Gasteiger partial charge on any atom is -0.494 e. The van der Waals surface area contributed by atoms with E-state index in [9.17, 15) is 0 Å². The number of benzene rings is 1. The maximum atomic E-state index is 9.14. The maximum absolute atomic E-state index is 9.14. The van der Waals surface area contributed by atoms with Gasteiger partial charge in [-0.2, -0.15) is 0 Å². The molecule has 0 radical (unpaired) electrons. The highest BCUT2D eigenvalue weighted by Crippen LogP contribution is 2.20. The van der Waals surface area contributed by atoms with Crippen LogP contribution in [0.4, 0.5) is 0 Å². The fourth-order valence-corrected chi connectivity index (χ4v) is 3.76. The van der Waals surface area contributed by atoms with E-state index in [1.165, 1.54) is 11.1 Å². The minimum absolute atomic E-state index is 0.206. The highest BCUT2D eigenvalue weighted by atomic mass is 16.5. The van der Waals surface area contributed by atoms with Crippen molar-refractivity contribution in [2.75, 3.05) is 13.7 Å². The molecule has 1 aliphatic rings. The minimum atomic E-state index is 0.206. The van der Waals surface area contributed by atoms with Crippen molar-refractivity contribution in [3.8, 4) is 5.75 Å². The summed E-state index contributed by atoms with van der Waals surface area (Å²) < 4.78 is 5.60. The summed E-state index contributed by atoms with van der Waals surface area (Å²) in [5.41, 5.74) is 5.59. The van der Waals surface area contributed by atoms with Gasteiger partial charge in [0, 0.05) is 29.3 Å². The van der Waals surface area contributed by atoms with Crippen molar-refractivity contribution in [2.24, 2.45) is 4.99 Å². The number of hydrogen-bond acceptors (Lipinski definition) is 3. The van der Waals surface area contributed by atoms with Crippen LogP contribution in [0.2, 0.25) is 0 Å². The van der Waals surface area contributed by atoms with E-state index in [-0.39, 0.29) is 6.61 Å². The Kier molecular flexibility index (Phi) is 4.92. The smallest absolute Gasteiger partial charge is 0.144 e. The van der Waals surface area contributed by atoms with Gasteiger partial charge in [0.1, 0.15) is 5.75 Å². The Hall–Kier alpha value is -3.05.